The monoisotopic (exact) mass is 268 g/mol. The van der Waals surface area contributed by atoms with E-state index in [0.717, 1.165) is 29.0 Å². The molecule has 3 rings (SSSR count). The molecule has 1 unspecified atom stereocenters. The fraction of sp³-hybridized carbons (Fsp3) is 0.188. The van der Waals surface area contributed by atoms with Crippen LogP contribution in [0.1, 0.15) is 23.6 Å². The normalized spacial score (nSPS) is 17.4. The van der Waals surface area contributed by atoms with E-state index in [1.54, 1.807) is 19.2 Å². The van der Waals surface area contributed by atoms with Gasteiger partial charge in [0.05, 0.1) is 18.9 Å². The third-order valence-corrected chi connectivity index (χ3v) is 3.47. The fourth-order valence-corrected chi connectivity index (χ4v) is 2.31. The Morgan fingerprint density at radius 3 is 2.45 bits per heavy atom. The Morgan fingerprint density at radius 2 is 1.80 bits per heavy atom. The maximum Gasteiger partial charge on any atom is 0.118 e. The highest BCUT2D eigenvalue weighted by Crippen LogP contribution is 2.26. The van der Waals surface area contributed by atoms with Crippen molar-refractivity contribution in [3.63, 3.8) is 0 Å². The van der Waals surface area contributed by atoms with Crippen LogP contribution in [-0.4, -0.2) is 17.9 Å². The summed E-state index contributed by atoms with van der Waals surface area (Å²) >= 11 is 0. The van der Waals surface area contributed by atoms with Crippen LogP contribution in [0.15, 0.2) is 53.6 Å². The first-order chi connectivity index (χ1) is 9.76. The van der Waals surface area contributed by atoms with Crippen molar-refractivity contribution in [1.82, 2.24) is 5.43 Å². The molecular formula is C16H16N2O2. The number of hydrazone groups is 1. The first-order valence-electron chi connectivity index (χ1n) is 6.52. The van der Waals surface area contributed by atoms with E-state index in [4.69, 9.17) is 4.74 Å². The molecule has 0 bridgehead atoms. The average molecular weight is 268 g/mol. The molecule has 0 aliphatic carbocycles. The minimum atomic E-state index is 0.160. The van der Waals surface area contributed by atoms with Crippen molar-refractivity contribution in [2.24, 2.45) is 5.10 Å². The molecule has 20 heavy (non-hydrogen) atoms. The van der Waals surface area contributed by atoms with Crippen LogP contribution in [0.3, 0.4) is 0 Å². The first kappa shape index (κ1) is 12.5. The Balaban J connectivity index is 1.73. The van der Waals surface area contributed by atoms with Crippen molar-refractivity contribution in [2.45, 2.75) is 12.5 Å². The number of phenolic OH excluding ortho intramolecular Hbond substituents is 1. The average Bonchev–Trinajstić information content (AvgIpc) is 2.98. The molecule has 1 aliphatic rings. The number of hydrogen-bond donors (Lipinski definition) is 2. The molecule has 2 aromatic carbocycles. The molecule has 0 saturated carbocycles. The second-order valence-electron chi connectivity index (χ2n) is 4.76. The lowest BCUT2D eigenvalue weighted by Crippen LogP contribution is -2.09. The Morgan fingerprint density at radius 1 is 1.10 bits per heavy atom. The van der Waals surface area contributed by atoms with E-state index in [0.29, 0.717) is 0 Å². The second kappa shape index (κ2) is 5.25. The fourth-order valence-electron chi connectivity index (χ4n) is 2.31. The lowest BCUT2D eigenvalue weighted by atomic mass is 9.99. The smallest absolute Gasteiger partial charge is 0.118 e. The van der Waals surface area contributed by atoms with Crippen molar-refractivity contribution >= 4 is 5.71 Å². The molecule has 0 amide bonds. The van der Waals surface area contributed by atoms with Crippen molar-refractivity contribution in [3.05, 3.63) is 59.7 Å². The van der Waals surface area contributed by atoms with Gasteiger partial charge in [-0.15, -0.1) is 0 Å². The van der Waals surface area contributed by atoms with Crippen LogP contribution in [0.2, 0.25) is 0 Å². The Kier molecular flexibility index (Phi) is 3.29. The Labute approximate surface area is 117 Å². The van der Waals surface area contributed by atoms with E-state index in [1.807, 2.05) is 36.4 Å². The standard InChI is InChI=1S/C16H16N2O2/c1-20-14-8-4-12(5-9-14)16-10-15(17-18-16)11-2-6-13(19)7-3-11/h2-9,15,17,19H,10H2,1H3. The molecule has 0 saturated heterocycles. The third kappa shape index (κ3) is 2.45. The van der Waals surface area contributed by atoms with E-state index in [2.05, 4.69) is 10.5 Å². The Hall–Kier alpha value is -2.49. The maximum atomic E-state index is 9.32. The molecule has 4 heteroatoms. The molecule has 102 valence electrons. The molecule has 1 atom stereocenters. The van der Waals surface area contributed by atoms with E-state index in [1.165, 1.54) is 0 Å². The molecule has 2 aromatic rings. The van der Waals surface area contributed by atoms with Crippen LogP contribution in [0, 0.1) is 0 Å². The second-order valence-corrected chi connectivity index (χ2v) is 4.76. The quantitative estimate of drug-likeness (QED) is 0.900. The summed E-state index contributed by atoms with van der Waals surface area (Å²) < 4.78 is 5.15. The van der Waals surface area contributed by atoms with Gasteiger partial charge in [0.25, 0.3) is 0 Å². The van der Waals surface area contributed by atoms with Crippen molar-refractivity contribution in [2.75, 3.05) is 7.11 Å². The lowest BCUT2D eigenvalue weighted by molar-refractivity contribution is 0.415. The number of rotatable bonds is 3. The summed E-state index contributed by atoms with van der Waals surface area (Å²) in [5.74, 6) is 1.12. The van der Waals surface area contributed by atoms with Gasteiger partial charge in [-0.25, -0.2) is 0 Å². The van der Waals surface area contributed by atoms with Crippen LogP contribution in [0.25, 0.3) is 0 Å². The molecule has 1 aliphatic heterocycles. The van der Waals surface area contributed by atoms with Crippen molar-refractivity contribution in [3.8, 4) is 11.5 Å². The number of phenols is 1. The summed E-state index contributed by atoms with van der Waals surface area (Å²) in [5.41, 5.74) is 6.39. The van der Waals surface area contributed by atoms with Gasteiger partial charge in [-0.05, 0) is 47.5 Å². The van der Waals surface area contributed by atoms with Gasteiger partial charge < -0.3 is 15.3 Å². The Bertz CT molecular complexity index is 618. The van der Waals surface area contributed by atoms with Gasteiger partial charge >= 0.3 is 0 Å². The van der Waals surface area contributed by atoms with E-state index >= 15 is 0 Å². The van der Waals surface area contributed by atoms with Crippen LogP contribution in [0.5, 0.6) is 11.5 Å². The topological polar surface area (TPSA) is 53.8 Å². The summed E-state index contributed by atoms with van der Waals surface area (Å²) in [6.07, 6.45) is 0.830. The highest BCUT2D eigenvalue weighted by molar-refractivity contribution is 6.01. The molecule has 1 heterocycles. The first-order valence-corrected chi connectivity index (χ1v) is 6.52. The van der Waals surface area contributed by atoms with Gasteiger partial charge in [0, 0.05) is 6.42 Å². The number of methoxy groups -OCH3 is 1. The molecule has 4 nitrogen and oxygen atoms in total. The molecule has 0 radical (unpaired) electrons. The van der Waals surface area contributed by atoms with Crippen LogP contribution < -0.4 is 10.2 Å². The van der Waals surface area contributed by atoms with Gasteiger partial charge in [0.15, 0.2) is 0 Å². The predicted octanol–water partition coefficient (Wildman–Crippen LogP) is 2.84. The summed E-state index contributed by atoms with van der Waals surface area (Å²) in [5, 5.41) is 13.7. The minimum Gasteiger partial charge on any atom is -0.508 e. The van der Waals surface area contributed by atoms with Crippen LogP contribution in [-0.2, 0) is 0 Å². The molecule has 2 N–H and O–H groups in total. The predicted molar refractivity (Wildman–Crippen MR) is 78.1 cm³/mol. The number of ether oxygens (including phenoxy) is 1. The number of benzene rings is 2. The van der Waals surface area contributed by atoms with E-state index in [9.17, 15) is 5.11 Å². The number of hydrogen-bond acceptors (Lipinski definition) is 4. The zero-order chi connectivity index (χ0) is 13.9. The van der Waals surface area contributed by atoms with Crippen molar-refractivity contribution < 1.29 is 9.84 Å². The van der Waals surface area contributed by atoms with Gasteiger partial charge in [0.1, 0.15) is 11.5 Å². The zero-order valence-electron chi connectivity index (χ0n) is 11.2. The number of aromatic hydroxyl groups is 1. The third-order valence-electron chi connectivity index (χ3n) is 3.47. The van der Waals surface area contributed by atoms with Gasteiger partial charge in [-0.3, -0.25) is 0 Å². The lowest BCUT2D eigenvalue weighted by Gasteiger charge is -2.10. The van der Waals surface area contributed by atoms with Crippen LogP contribution >= 0.6 is 0 Å². The van der Waals surface area contributed by atoms with E-state index in [-0.39, 0.29) is 11.8 Å². The zero-order valence-corrected chi connectivity index (χ0v) is 11.2. The van der Waals surface area contributed by atoms with Crippen LogP contribution in [0.4, 0.5) is 0 Å². The molecular weight excluding hydrogens is 252 g/mol. The van der Waals surface area contributed by atoms with Gasteiger partial charge in [0.2, 0.25) is 0 Å². The van der Waals surface area contributed by atoms with E-state index < -0.39 is 0 Å². The highest BCUT2D eigenvalue weighted by Gasteiger charge is 2.21. The number of nitrogens with zero attached hydrogens (tertiary/aromatic N) is 1. The SMILES string of the molecule is COc1ccc(C2=NNC(c3ccc(O)cc3)C2)cc1. The maximum absolute atomic E-state index is 9.32. The summed E-state index contributed by atoms with van der Waals surface area (Å²) in [6.45, 7) is 0. The van der Waals surface area contributed by atoms with Gasteiger partial charge in [-0.1, -0.05) is 12.1 Å². The summed E-state index contributed by atoms with van der Waals surface area (Å²) in [6, 6.07) is 15.3. The van der Waals surface area contributed by atoms with Crippen molar-refractivity contribution in [1.29, 1.82) is 0 Å². The summed E-state index contributed by atoms with van der Waals surface area (Å²) in [7, 11) is 1.66. The summed E-state index contributed by atoms with van der Waals surface area (Å²) in [4.78, 5) is 0. The number of nitrogens with one attached hydrogen (secondary N) is 1. The molecule has 0 fully saturated rings. The van der Waals surface area contributed by atoms with Gasteiger partial charge in [-0.2, -0.15) is 5.10 Å². The molecule has 0 spiro atoms. The minimum absolute atomic E-state index is 0.160. The largest absolute Gasteiger partial charge is 0.508 e. The molecule has 0 aromatic heterocycles. The highest BCUT2D eigenvalue weighted by atomic mass is 16.5.